The molecule has 0 saturated heterocycles. The molecule has 0 aliphatic rings. The molecule has 1 atom stereocenters. The molecule has 0 N–H and O–H groups in total. The predicted octanol–water partition coefficient (Wildman–Crippen LogP) is 16.6. The van der Waals surface area contributed by atoms with Crippen molar-refractivity contribution in [3.05, 3.63) is 24.5 Å². The second-order valence-electron chi connectivity index (χ2n) is 17.4. The van der Waals surface area contributed by atoms with Crippen molar-refractivity contribution in [2.24, 2.45) is 11.8 Å². The Morgan fingerprint density at radius 2 is 0.849 bits per heavy atom. The van der Waals surface area contributed by atoms with Crippen molar-refractivity contribution < 1.29 is 9.47 Å². The first-order valence-corrected chi connectivity index (χ1v) is 24.1. The van der Waals surface area contributed by atoms with Gasteiger partial charge in [0.25, 0.3) is 0 Å². The first-order chi connectivity index (χ1) is 25.9. The van der Waals surface area contributed by atoms with Gasteiger partial charge in [-0.2, -0.15) is 0 Å². The third-order valence-electron chi connectivity index (χ3n) is 11.6. The second-order valence-corrected chi connectivity index (χ2v) is 17.4. The Morgan fingerprint density at radius 3 is 1.36 bits per heavy atom. The second kappa shape index (κ2) is 42.3. The van der Waals surface area contributed by atoms with E-state index >= 15 is 0 Å². The highest BCUT2D eigenvalue weighted by Crippen LogP contribution is 2.26. The standard InChI is InChI=1S/C50H99NO2/c1-8-11-14-17-24-29-37-49(38-30-25-18-15-12-9-2)40-44-52-45-41-50(46-47(4)35-32-33-42-51(6)7)39-31-26-21-19-20-22-27-34-43-53-48(5)36-28-23-16-13-10-3/h49-50H,4-5,8-46H2,1-3,6-7H3. The van der Waals surface area contributed by atoms with E-state index < -0.39 is 0 Å². The highest BCUT2D eigenvalue weighted by molar-refractivity contribution is 4.95. The van der Waals surface area contributed by atoms with Gasteiger partial charge in [0.1, 0.15) is 0 Å². The van der Waals surface area contributed by atoms with Gasteiger partial charge in [0.2, 0.25) is 0 Å². The van der Waals surface area contributed by atoms with Gasteiger partial charge in [-0.1, -0.05) is 206 Å². The average Bonchev–Trinajstić information content (AvgIpc) is 3.14. The summed E-state index contributed by atoms with van der Waals surface area (Å²) in [6, 6.07) is 0. The molecule has 316 valence electrons. The van der Waals surface area contributed by atoms with Crippen LogP contribution in [0.1, 0.15) is 245 Å². The molecule has 3 nitrogen and oxygen atoms in total. The lowest BCUT2D eigenvalue weighted by molar-refractivity contribution is 0.103. The van der Waals surface area contributed by atoms with Crippen molar-refractivity contribution in [2.45, 2.75) is 245 Å². The van der Waals surface area contributed by atoms with Crippen LogP contribution in [0.3, 0.4) is 0 Å². The lowest BCUT2D eigenvalue weighted by atomic mass is 9.89. The predicted molar refractivity (Wildman–Crippen MR) is 239 cm³/mol. The van der Waals surface area contributed by atoms with E-state index in [0.29, 0.717) is 0 Å². The molecule has 3 heteroatoms. The van der Waals surface area contributed by atoms with Crippen LogP contribution in [0, 0.1) is 11.8 Å². The molecule has 0 aromatic carbocycles. The highest BCUT2D eigenvalue weighted by Gasteiger charge is 2.13. The molecule has 0 aliphatic heterocycles. The molecular formula is C50H99NO2. The fourth-order valence-electron chi connectivity index (χ4n) is 7.93. The number of hydrogen-bond acceptors (Lipinski definition) is 3. The number of allylic oxidation sites excluding steroid dienone is 2. The summed E-state index contributed by atoms with van der Waals surface area (Å²) in [5, 5.41) is 0. The van der Waals surface area contributed by atoms with Crippen molar-refractivity contribution in [1.29, 1.82) is 0 Å². The molecule has 0 radical (unpaired) electrons. The first-order valence-electron chi connectivity index (χ1n) is 24.1. The minimum absolute atomic E-state index is 0.740. The topological polar surface area (TPSA) is 21.7 Å². The van der Waals surface area contributed by atoms with E-state index in [1.807, 2.05) is 0 Å². The minimum Gasteiger partial charge on any atom is -0.499 e. The summed E-state index contributed by atoms with van der Waals surface area (Å²) < 4.78 is 12.3. The molecule has 0 heterocycles. The summed E-state index contributed by atoms with van der Waals surface area (Å²) >= 11 is 0. The molecular weight excluding hydrogens is 647 g/mol. The summed E-state index contributed by atoms with van der Waals surface area (Å²) in [6.07, 6.45) is 46.9. The summed E-state index contributed by atoms with van der Waals surface area (Å²) in [7, 11) is 4.36. The van der Waals surface area contributed by atoms with Gasteiger partial charge in [0.05, 0.1) is 12.4 Å². The Morgan fingerprint density at radius 1 is 0.434 bits per heavy atom. The van der Waals surface area contributed by atoms with Crippen LogP contribution in [-0.4, -0.2) is 45.4 Å². The molecule has 1 unspecified atom stereocenters. The van der Waals surface area contributed by atoms with Crippen molar-refractivity contribution in [3.8, 4) is 0 Å². The van der Waals surface area contributed by atoms with E-state index in [0.717, 1.165) is 43.8 Å². The van der Waals surface area contributed by atoms with E-state index in [2.05, 4.69) is 52.9 Å². The monoisotopic (exact) mass is 746 g/mol. The smallest absolute Gasteiger partial charge is 0.0888 e. The van der Waals surface area contributed by atoms with Gasteiger partial charge in [-0.15, -0.1) is 0 Å². The van der Waals surface area contributed by atoms with Crippen molar-refractivity contribution >= 4 is 0 Å². The molecule has 0 rings (SSSR count). The van der Waals surface area contributed by atoms with Crippen LogP contribution in [-0.2, 0) is 9.47 Å². The van der Waals surface area contributed by atoms with Crippen LogP contribution in [0.15, 0.2) is 24.5 Å². The SMILES string of the molecule is C=C(CCCCN(C)C)CC(CCCCCCCCCCOC(=C)CCCCCCC)CCOCCC(CCCCCCCC)CCCCCCCC. The number of hydrogen-bond donors (Lipinski definition) is 0. The molecule has 0 bridgehead atoms. The Kier molecular flexibility index (Phi) is 41.7. The minimum atomic E-state index is 0.740. The molecule has 53 heavy (non-hydrogen) atoms. The number of rotatable bonds is 45. The van der Waals surface area contributed by atoms with Gasteiger partial charge in [-0.25, -0.2) is 0 Å². The molecule has 0 aromatic heterocycles. The number of ether oxygens (including phenoxy) is 2. The zero-order valence-electron chi connectivity index (χ0n) is 37.4. The maximum Gasteiger partial charge on any atom is 0.0888 e. The first kappa shape index (κ1) is 52.2. The Labute approximate surface area is 335 Å². The van der Waals surface area contributed by atoms with Crippen LogP contribution in [0.5, 0.6) is 0 Å². The van der Waals surface area contributed by atoms with Crippen molar-refractivity contribution in [3.63, 3.8) is 0 Å². The van der Waals surface area contributed by atoms with Crippen LogP contribution in [0.25, 0.3) is 0 Å². The largest absolute Gasteiger partial charge is 0.499 e. The Balaban J connectivity index is 4.42. The van der Waals surface area contributed by atoms with Crippen molar-refractivity contribution in [2.75, 3.05) is 40.5 Å². The van der Waals surface area contributed by atoms with Crippen LogP contribution < -0.4 is 0 Å². The fraction of sp³-hybridized carbons (Fsp3) is 0.920. The van der Waals surface area contributed by atoms with Crippen molar-refractivity contribution in [1.82, 2.24) is 4.90 Å². The lowest BCUT2D eigenvalue weighted by Gasteiger charge is -2.20. The van der Waals surface area contributed by atoms with E-state index in [1.54, 1.807) is 0 Å². The van der Waals surface area contributed by atoms with Gasteiger partial charge < -0.3 is 14.4 Å². The summed E-state index contributed by atoms with van der Waals surface area (Å²) in [4.78, 5) is 2.30. The van der Waals surface area contributed by atoms with Gasteiger partial charge >= 0.3 is 0 Å². The van der Waals surface area contributed by atoms with Gasteiger partial charge in [0, 0.05) is 19.6 Å². The van der Waals surface area contributed by atoms with Crippen LogP contribution in [0.4, 0.5) is 0 Å². The lowest BCUT2D eigenvalue weighted by Crippen LogP contribution is -2.13. The van der Waals surface area contributed by atoms with E-state index in [-0.39, 0.29) is 0 Å². The Hall–Kier alpha value is -0.800. The molecule has 0 fully saturated rings. The van der Waals surface area contributed by atoms with Crippen LogP contribution >= 0.6 is 0 Å². The summed E-state index contributed by atoms with van der Waals surface area (Å²) in [6.45, 7) is 19.5. The molecule has 0 spiro atoms. The van der Waals surface area contributed by atoms with Gasteiger partial charge in [0.15, 0.2) is 0 Å². The fourth-order valence-corrected chi connectivity index (χ4v) is 7.93. The number of nitrogens with zero attached hydrogens (tertiary/aromatic N) is 1. The normalized spacial score (nSPS) is 12.3. The molecule has 0 aromatic rings. The number of unbranched alkanes of at least 4 members (excludes halogenated alkanes) is 22. The zero-order valence-corrected chi connectivity index (χ0v) is 37.4. The van der Waals surface area contributed by atoms with E-state index in [9.17, 15) is 0 Å². The zero-order chi connectivity index (χ0) is 38.9. The third kappa shape index (κ3) is 40.7. The molecule has 0 amide bonds. The average molecular weight is 746 g/mol. The van der Waals surface area contributed by atoms with E-state index in [1.165, 1.54) is 230 Å². The molecule has 0 aliphatic carbocycles. The highest BCUT2D eigenvalue weighted by atomic mass is 16.5. The van der Waals surface area contributed by atoms with Gasteiger partial charge in [-0.05, 0) is 83.8 Å². The third-order valence-corrected chi connectivity index (χ3v) is 11.6. The molecule has 0 saturated carbocycles. The maximum atomic E-state index is 6.41. The Bertz CT molecular complexity index is 732. The van der Waals surface area contributed by atoms with E-state index in [4.69, 9.17) is 9.47 Å². The quantitative estimate of drug-likeness (QED) is 0.0352. The van der Waals surface area contributed by atoms with Crippen LogP contribution in [0.2, 0.25) is 0 Å². The maximum absolute atomic E-state index is 6.41. The summed E-state index contributed by atoms with van der Waals surface area (Å²) in [5.41, 5.74) is 1.48. The van der Waals surface area contributed by atoms with Gasteiger partial charge in [-0.3, -0.25) is 0 Å². The summed E-state index contributed by atoms with van der Waals surface area (Å²) in [5.74, 6) is 2.61.